The van der Waals surface area contributed by atoms with Crippen LogP contribution in [0.15, 0.2) is 30.3 Å². The minimum Gasteiger partial charge on any atom is -0.494 e. The molecule has 1 heterocycles. The van der Waals surface area contributed by atoms with Gasteiger partial charge in [-0.25, -0.2) is 4.98 Å². The Bertz CT molecular complexity index is 470. The number of benzene rings is 1. The normalized spacial score (nSPS) is 10.5. The van der Waals surface area contributed by atoms with E-state index in [2.05, 4.69) is 33.0 Å². The van der Waals surface area contributed by atoms with Gasteiger partial charge in [0.05, 0.1) is 7.11 Å². The van der Waals surface area contributed by atoms with Crippen molar-refractivity contribution in [2.45, 2.75) is 6.42 Å². The third-order valence-corrected chi connectivity index (χ3v) is 2.71. The van der Waals surface area contributed by atoms with Crippen LogP contribution in [0.3, 0.4) is 0 Å². The van der Waals surface area contributed by atoms with Crippen molar-refractivity contribution in [2.24, 2.45) is 0 Å². The summed E-state index contributed by atoms with van der Waals surface area (Å²) in [6.45, 7) is 0. The van der Waals surface area contributed by atoms with E-state index >= 15 is 0 Å². The maximum atomic E-state index is 5.29. The lowest BCUT2D eigenvalue weighted by molar-refractivity contribution is 0.419. The van der Waals surface area contributed by atoms with Gasteiger partial charge in [-0.05, 0) is 18.6 Å². The topological polar surface area (TPSA) is 22.1 Å². The summed E-state index contributed by atoms with van der Waals surface area (Å²) in [6, 6.07) is 10.1. The van der Waals surface area contributed by atoms with Gasteiger partial charge in [-0.1, -0.05) is 34.1 Å². The first kappa shape index (κ1) is 10.4. The van der Waals surface area contributed by atoms with Gasteiger partial charge in [0.1, 0.15) is 11.3 Å². The van der Waals surface area contributed by atoms with Gasteiger partial charge in [0.2, 0.25) is 0 Å². The number of aromatic nitrogens is 1. The van der Waals surface area contributed by atoms with Crippen LogP contribution in [-0.4, -0.2) is 17.4 Å². The highest BCUT2D eigenvalue weighted by molar-refractivity contribution is 9.09. The average molecular weight is 266 g/mol. The van der Waals surface area contributed by atoms with E-state index in [-0.39, 0.29) is 0 Å². The van der Waals surface area contributed by atoms with Gasteiger partial charge in [0, 0.05) is 16.4 Å². The number of hydrogen-bond acceptors (Lipinski definition) is 2. The summed E-state index contributed by atoms with van der Waals surface area (Å²) in [5, 5.41) is 2.05. The maximum Gasteiger partial charge on any atom is 0.145 e. The van der Waals surface area contributed by atoms with Gasteiger partial charge in [-0.15, -0.1) is 0 Å². The van der Waals surface area contributed by atoms with Crippen LogP contribution >= 0.6 is 15.9 Å². The molecular formula is C12H12BrNO. The fourth-order valence-corrected chi connectivity index (χ4v) is 1.97. The van der Waals surface area contributed by atoms with E-state index in [4.69, 9.17) is 4.74 Å². The Morgan fingerprint density at radius 1 is 1.27 bits per heavy atom. The number of ether oxygens (including phenoxy) is 1. The van der Waals surface area contributed by atoms with Crippen molar-refractivity contribution < 1.29 is 4.74 Å². The van der Waals surface area contributed by atoms with Gasteiger partial charge in [0.15, 0.2) is 0 Å². The van der Waals surface area contributed by atoms with Crippen LogP contribution in [0.2, 0.25) is 0 Å². The lowest BCUT2D eigenvalue weighted by Crippen LogP contribution is -1.93. The second kappa shape index (κ2) is 4.62. The zero-order valence-corrected chi connectivity index (χ0v) is 10.1. The van der Waals surface area contributed by atoms with Crippen LogP contribution < -0.4 is 4.74 Å². The van der Waals surface area contributed by atoms with E-state index in [0.717, 1.165) is 34.1 Å². The molecule has 0 N–H and O–H groups in total. The van der Waals surface area contributed by atoms with Crippen molar-refractivity contribution in [3.8, 4) is 5.75 Å². The molecule has 0 radical (unpaired) electrons. The minimum absolute atomic E-state index is 0.837. The van der Waals surface area contributed by atoms with Crippen LogP contribution in [0.25, 0.3) is 10.9 Å². The Balaban J connectivity index is 2.57. The molecule has 0 saturated carbocycles. The zero-order chi connectivity index (χ0) is 10.7. The predicted octanol–water partition coefficient (Wildman–Crippen LogP) is 3.18. The molecule has 0 spiro atoms. The molecule has 15 heavy (non-hydrogen) atoms. The second-order valence-corrected chi connectivity index (χ2v) is 4.07. The van der Waals surface area contributed by atoms with E-state index in [1.807, 2.05) is 18.2 Å². The maximum absolute atomic E-state index is 5.29. The number of aryl methyl sites for hydroxylation is 1. The lowest BCUT2D eigenvalue weighted by Gasteiger charge is -2.05. The Hall–Kier alpha value is -1.09. The molecule has 0 aliphatic heterocycles. The molecule has 1 aromatic heterocycles. The molecule has 1 aromatic carbocycles. The highest BCUT2D eigenvalue weighted by Crippen LogP contribution is 2.23. The Morgan fingerprint density at radius 2 is 2.13 bits per heavy atom. The number of para-hydroxylation sites is 1. The molecule has 0 aliphatic rings. The highest BCUT2D eigenvalue weighted by Gasteiger charge is 2.03. The molecule has 0 fully saturated rings. The third kappa shape index (κ3) is 2.12. The van der Waals surface area contributed by atoms with Crippen molar-refractivity contribution in [3.63, 3.8) is 0 Å². The summed E-state index contributed by atoms with van der Waals surface area (Å²) in [7, 11) is 1.67. The number of pyridine rings is 1. The summed E-state index contributed by atoms with van der Waals surface area (Å²) in [6.07, 6.45) is 0.938. The van der Waals surface area contributed by atoms with Gasteiger partial charge in [-0.3, -0.25) is 0 Å². The van der Waals surface area contributed by atoms with Crippen molar-refractivity contribution in [1.82, 2.24) is 4.98 Å². The average Bonchev–Trinajstić information content (AvgIpc) is 2.28. The van der Waals surface area contributed by atoms with Crippen LogP contribution in [0, 0.1) is 0 Å². The van der Waals surface area contributed by atoms with E-state index in [9.17, 15) is 0 Å². The van der Waals surface area contributed by atoms with E-state index < -0.39 is 0 Å². The molecule has 0 bridgehead atoms. The van der Waals surface area contributed by atoms with Crippen molar-refractivity contribution >= 4 is 26.8 Å². The summed E-state index contributed by atoms with van der Waals surface area (Å²) < 4.78 is 5.29. The van der Waals surface area contributed by atoms with E-state index in [1.165, 1.54) is 0 Å². The van der Waals surface area contributed by atoms with E-state index in [0.29, 0.717) is 0 Å². The Kier molecular flexibility index (Phi) is 3.21. The molecule has 78 valence electrons. The number of hydrogen-bond donors (Lipinski definition) is 0. The molecule has 0 atom stereocenters. The van der Waals surface area contributed by atoms with Crippen molar-refractivity contribution in [2.75, 3.05) is 12.4 Å². The summed E-state index contributed by atoms with van der Waals surface area (Å²) in [5.74, 6) is 0.837. The summed E-state index contributed by atoms with van der Waals surface area (Å²) in [4.78, 5) is 4.58. The summed E-state index contributed by atoms with van der Waals surface area (Å²) in [5.41, 5.74) is 2.03. The molecule has 0 unspecified atom stereocenters. The summed E-state index contributed by atoms with van der Waals surface area (Å²) >= 11 is 3.41. The van der Waals surface area contributed by atoms with Gasteiger partial charge in [0.25, 0.3) is 0 Å². The first-order chi connectivity index (χ1) is 7.35. The predicted molar refractivity (Wildman–Crippen MR) is 65.8 cm³/mol. The number of nitrogens with zero attached hydrogens (tertiary/aromatic N) is 1. The first-order valence-corrected chi connectivity index (χ1v) is 5.96. The zero-order valence-electron chi connectivity index (χ0n) is 8.53. The van der Waals surface area contributed by atoms with E-state index in [1.54, 1.807) is 7.11 Å². The van der Waals surface area contributed by atoms with Crippen LogP contribution in [0.5, 0.6) is 5.75 Å². The van der Waals surface area contributed by atoms with Crippen LogP contribution in [0.1, 0.15) is 5.69 Å². The van der Waals surface area contributed by atoms with Gasteiger partial charge >= 0.3 is 0 Å². The quantitative estimate of drug-likeness (QED) is 0.796. The molecule has 2 nitrogen and oxygen atoms in total. The van der Waals surface area contributed by atoms with Crippen molar-refractivity contribution in [1.29, 1.82) is 0 Å². The minimum atomic E-state index is 0.837. The number of alkyl halides is 1. The molecule has 0 saturated heterocycles. The second-order valence-electron chi connectivity index (χ2n) is 3.27. The molecule has 0 aliphatic carbocycles. The smallest absolute Gasteiger partial charge is 0.145 e. The number of methoxy groups -OCH3 is 1. The molecule has 2 rings (SSSR count). The number of fused-ring (bicyclic) bond motifs is 1. The molecule has 2 aromatic rings. The van der Waals surface area contributed by atoms with Gasteiger partial charge in [-0.2, -0.15) is 0 Å². The number of rotatable bonds is 3. The SMILES string of the molecule is COc1cccc2ccc(CCBr)nc12. The Morgan fingerprint density at radius 3 is 2.87 bits per heavy atom. The van der Waals surface area contributed by atoms with Crippen LogP contribution in [-0.2, 0) is 6.42 Å². The standard InChI is InChI=1S/C12H12BrNO/c1-15-11-4-2-3-9-5-6-10(7-8-13)14-12(9)11/h2-6H,7-8H2,1H3. The monoisotopic (exact) mass is 265 g/mol. The number of halogens is 1. The lowest BCUT2D eigenvalue weighted by atomic mass is 10.2. The third-order valence-electron chi connectivity index (χ3n) is 2.31. The van der Waals surface area contributed by atoms with Crippen molar-refractivity contribution in [3.05, 3.63) is 36.0 Å². The van der Waals surface area contributed by atoms with Crippen LogP contribution in [0.4, 0.5) is 0 Å². The molecule has 3 heteroatoms. The fraction of sp³-hybridized carbons (Fsp3) is 0.250. The molecule has 0 amide bonds. The first-order valence-electron chi connectivity index (χ1n) is 4.84. The van der Waals surface area contributed by atoms with Gasteiger partial charge < -0.3 is 4.74 Å². The Labute approximate surface area is 97.4 Å². The molecular weight excluding hydrogens is 254 g/mol. The fourth-order valence-electron chi connectivity index (χ4n) is 1.56. The largest absolute Gasteiger partial charge is 0.494 e. The highest BCUT2D eigenvalue weighted by atomic mass is 79.9.